The van der Waals surface area contributed by atoms with Crippen LogP contribution in [0, 0.1) is 0 Å². The van der Waals surface area contributed by atoms with Gasteiger partial charge in [-0.05, 0) is 44.7 Å². The maximum absolute atomic E-state index is 12.6. The molecule has 5 nitrogen and oxygen atoms in total. The summed E-state index contributed by atoms with van der Waals surface area (Å²) in [7, 11) is 0. The first-order chi connectivity index (χ1) is 14.1. The molecule has 170 valence electrons. The predicted molar refractivity (Wildman–Crippen MR) is 130 cm³/mol. The lowest BCUT2D eigenvalue weighted by molar-refractivity contribution is 0.0744. The zero-order chi connectivity index (χ0) is 20.5. The van der Waals surface area contributed by atoms with Gasteiger partial charge in [-0.25, -0.2) is 8.78 Å². The maximum atomic E-state index is 12.6. The van der Waals surface area contributed by atoms with E-state index in [-0.39, 0.29) is 30.5 Å². The van der Waals surface area contributed by atoms with Crippen LogP contribution in [0.2, 0.25) is 0 Å². The van der Waals surface area contributed by atoms with Crippen molar-refractivity contribution < 1.29 is 8.78 Å². The molecule has 2 saturated heterocycles. The van der Waals surface area contributed by atoms with Gasteiger partial charge >= 0.3 is 0 Å². The summed E-state index contributed by atoms with van der Waals surface area (Å²) in [5.41, 5.74) is 1.35. The highest BCUT2D eigenvalue weighted by Gasteiger charge is 2.25. The zero-order valence-electron chi connectivity index (χ0n) is 17.9. The fourth-order valence-electron chi connectivity index (χ4n) is 4.29. The minimum absolute atomic E-state index is 0. The standard InChI is InChI=1S/C22H35F2N5.HI/c1-2-25-22(27-19-10-13-28(14-11-19)17-21(23)24)26-15-20-9-6-12-29(20)16-18-7-4-3-5-8-18;/h3-5,7-8,19-21H,2,6,9-17H2,1H3,(H2,25,26,27);1H. The molecule has 1 aromatic carbocycles. The molecule has 30 heavy (non-hydrogen) atoms. The van der Waals surface area contributed by atoms with Crippen LogP contribution in [0.3, 0.4) is 0 Å². The van der Waals surface area contributed by atoms with Gasteiger partial charge in [-0.3, -0.25) is 14.8 Å². The fourth-order valence-corrected chi connectivity index (χ4v) is 4.29. The molecule has 2 fully saturated rings. The van der Waals surface area contributed by atoms with Gasteiger partial charge in [-0.15, -0.1) is 24.0 Å². The summed E-state index contributed by atoms with van der Waals surface area (Å²) >= 11 is 0. The van der Waals surface area contributed by atoms with Gasteiger partial charge in [0.05, 0.1) is 13.1 Å². The van der Waals surface area contributed by atoms with Crippen molar-refractivity contribution in [3.05, 3.63) is 35.9 Å². The van der Waals surface area contributed by atoms with Gasteiger partial charge in [0, 0.05) is 38.3 Å². The second-order valence-corrected chi connectivity index (χ2v) is 8.08. The first-order valence-electron chi connectivity index (χ1n) is 11.0. The molecule has 1 unspecified atom stereocenters. The van der Waals surface area contributed by atoms with Gasteiger partial charge in [-0.2, -0.15) is 0 Å². The Kier molecular flexibility index (Phi) is 11.3. The molecule has 0 spiro atoms. The molecule has 2 N–H and O–H groups in total. The lowest BCUT2D eigenvalue weighted by Gasteiger charge is -2.33. The maximum Gasteiger partial charge on any atom is 0.251 e. The Balaban J connectivity index is 0.00000320. The monoisotopic (exact) mass is 535 g/mol. The van der Waals surface area contributed by atoms with E-state index in [1.54, 1.807) is 0 Å². The number of nitrogens with zero attached hydrogens (tertiary/aromatic N) is 3. The number of likely N-dealkylation sites (tertiary alicyclic amines) is 2. The SMILES string of the molecule is CCNC(=NCC1CCCN1Cc1ccccc1)NC1CCN(CC(F)F)CC1.I. The third kappa shape index (κ3) is 8.26. The molecule has 0 aromatic heterocycles. The number of hydrogen-bond acceptors (Lipinski definition) is 3. The van der Waals surface area contributed by atoms with E-state index >= 15 is 0 Å². The molecule has 1 aromatic rings. The van der Waals surface area contributed by atoms with Gasteiger partial charge in [0.25, 0.3) is 6.43 Å². The predicted octanol–water partition coefficient (Wildman–Crippen LogP) is 3.55. The number of aliphatic imine (C=N–C) groups is 1. The number of benzene rings is 1. The van der Waals surface area contributed by atoms with E-state index in [9.17, 15) is 8.78 Å². The molecule has 0 radical (unpaired) electrons. The average Bonchev–Trinajstić information content (AvgIpc) is 3.15. The Hall–Kier alpha value is -1.00. The van der Waals surface area contributed by atoms with Crippen LogP contribution in [0.5, 0.6) is 0 Å². The third-order valence-electron chi connectivity index (χ3n) is 5.86. The minimum atomic E-state index is -2.25. The summed E-state index contributed by atoms with van der Waals surface area (Å²) in [4.78, 5) is 9.26. The van der Waals surface area contributed by atoms with Crippen molar-refractivity contribution in [2.75, 3.05) is 39.3 Å². The summed E-state index contributed by atoms with van der Waals surface area (Å²) in [6, 6.07) is 11.4. The zero-order valence-corrected chi connectivity index (χ0v) is 20.2. The Morgan fingerprint density at radius 2 is 1.87 bits per heavy atom. The van der Waals surface area contributed by atoms with Crippen LogP contribution in [0.1, 0.15) is 38.2 Å². The fraction of sp³-hybridized carbons (Fsp3) is 0.682. The summed E-state index contributed by atoms with van der Waals surface area (Å²) in [5, 5.41) is 6.87. The van der Waals surface area contributed by atoms with Crippen LogP contribution in [-0.4, -0.2) is 73.5 Å². The highest BCUT2D eigenvalue weighted by Crippen LogP contribution is 2.20. The first kappa shape index (κ1) is 25.3. The molecule has 0 saturated carbocycles. The van der Waals surface area contributed by atoms with Gasteiger partial charge in [0.2, 0.25) is 0 Å². The third-order valence-corrected chi connectivity index (χ3v) is 5.86. The van der Waals surface area contributed by atoms with Crippen molar-refractivity contribution in [3.8, 4) is 0 Å². The number of hydrogen-bond donors (Lipinski definition) is 2. The molecule has 0 amide bonds. The molecule has 0 bridgehead atoms. The Labute approximate surface area is 196 Å². The Morgan fingerprint density at radius 1 is 1.13 bits per heavy atom. The van der Waals surface area contributed by atoms with Crippen molar-refractivity contribution >= 4 is 29.9 Å². The van der Waals surface area contributed by atoms with E-state index in [1.165, 1.54) is 18.4 Å². The highest BCUT2D eigenvalue weighted by atomic mass is 127. The van der Waals surface area contributed by atoms with Crippen LogP contribution < -0.4 is 10.6 Å². The average molecular weight is 535 g/mol. The molecule has 3 rings (SSSR count). The van der Waals surface area contributed by atoms with E-state index in [0.717, 1.165) is 58.1 Å². The summed E-state index contributed by atoms with van der Waals surface area (Å²) < 4.78 is 25.1. The van der Waals surface area contributed by atoms with Gasteiger partial charge in [0.1, 0.15) is 0 Å². The van der Waals surface area contributed by atoms with Crippen LogP contribution in [-0.2, 0) is 6.54 Å². The molecule has 2 aliphatic rings. The van der Waals surface area contributed by atoms with Crippen molar-refractivity contribution in [2.45, 2.75) is 57.7 Å². The van der Waals surface area contributed by atoms with E-state index in [0.29, 0.717) is 12.1 Å². The number of piperidine rings is 1. The van der Waals surface area contributed by atoms with Crippen LogP contribution in [0.15, 0.2) is 35.3 Å². The van der Waals surface area contributed by atoms with Crippen molar-refractivity contribution in [1.82, 2.24) is 20.4 Å². The first-order valence-corrected chi connectivity index (χ1v) is 11.0. The highest BCUT2D eigenvalue weighted by molar-refractivity contribution is 14.0. The summed E-state index contributed by atoms with van der Waals surface area (Å²) in [6.45, 7) is 7.10. The number of nitrogens with one attached hydrogen (secondary N) is 2. The van der Waals surface area contributed by atoms with Gasteiger partial charge < -0.3 is 10.6 Å². The molecule has 0 aliphatic carbocycles. The van der Waals surface area contributed by atoms with Gasteiger partial charge in [0.15, 0.2) is 5.96 Å². The Morgan fingerprint density at radius 3 is 2.53 bits per heavy atom. The van der Waals surface area contributed by atoms with Crippen LogP contribution >= 0.6 is 24.0 Å². The van der Waals surface area contributed by atoms with E-state index in [4.69, 9.17) is 4.99 Å². The lowest BCUT2D eigenvalue weighted by Crippen LogP contribution is -2.49. The number of rotatable bonds is 8. The molecule has 2 aliphatic heterocycles. The summed E-state index contributed by atoms with van der Waals surface area (Å²) in [5.74, 6) is 0.853. The molecule has 2 heterocycles. The largest absolute Gasteiger partial charge is 0.357 e. The Bertz CT molecular complexity index is 623. The number of guanidine groups is 1. The van der Waals surface area contributed by atoms with Crippen LogP contribution in [0.25, 0.3) is 0 Å². The molecule has 8 heteroatoms. The van der Waals surface area contributed by atoms with Crippen molar-refractivity contribution in [3.63, 3.8) is 0 Å². The minimum Gasteiger partial charge on any atom is -0.357 e. The number of alkyl halides is 2. The van der Waals surface area contributed by atoms with Crippen LogP contribution in [0.4, 0.5) is 8.78 Å². The van der Waals surface area contributed by atoms with E-state index < -0.39 is 6.43 Å². The number of halogens is 3. The smallest absolute Gasteiger partial charge is 0.251 e. The lowest BCUT2D eigenvalue weighted by atomic mass is 10.1. The van der Waals surface area contributed by atoms with E-state index in [2.05, 4.69) is 52.8 Å². The normalized spacial score (nSPS) is 21.6. The second-order valence-electron chi connectivity index (χ2n) is 8.08. The molecule has 1 atom stereocenters. The molecular weight excluding hydrogens is 499 g/mol. The summed E-state index contributed by atoms with van der Waals surface area (Å²) in [6.07, 6.45) is 1.91. The molecular formula is C22H36F2IN5. The van der Waals surface area contributed by atoms with E-state index in [1.807, 2.05) is 4.90 Å². The van der Waals surface area contributed by atoms with Gasteiger partial charge in [-0.1, -0.05) is 30.3 Å². The topological polar surface area (TPSA) is 42.9 Å². The quantitative estimate of drug-likeness (QED) is 0.304. The van der Waals surface area contributed by atoms with Crippen molar-refractivity contribution in [2.24, 2.45) is 4.99 Å². The second kappa shape index (κ2) is 13.4. The van der Waals surface area contributed by atoms with Crippen molar-refractivity contribution in [1.29, 1.82) is 0 Å².